The normalized spacial score (nSPS) is 10.9. The number of aryl methyl sites for hydroxylation is 1. The maximum absolute atomic E-state index is 12.4. The number of carbonyl (C=O) groups excluding carboxylic acids is 1. The minimum absolute atomic E-state index is 0.0417. The molecule has 0 bridgehead atoms. The number of methoxy groups -OCH3 is 1. The zero-order valence-electron chi connectivity index (χ0n) is 18.2. The summed E-state index contributed by atoms with van der Waals surface area (Å²) in [5, 5.41) is 8.14. The van der Waals surface area contributed by atoms with Crippen LogP contribution in [0.15, 0.2) is 23.0 Å². The first-order valence-corrected chi connectivity index (χ1v) is 9.97. The van der Waals surface area contributed by atoms with Crippen molar-refractivity contribution in [3.63, 3.8) is 0 Å². The smallest absolute Gasteiger partial charge is 0.273 e. The van der Waals surface area contributed by atoms with Crippen molar-refractivity contribution in [3.8, 4) is 22.9 Å². The molecule has 9 heteroatoms. The second-order valence-electron chi connectivity index (χ2n) is 6.96. The lowest BCUT2D eigenvalue weighted by Gasteiger charge is -2.21. The van der Waals surface area contributed by atoms with E-state index >= 15 is 0 Å². The van der Waals surface area contributed by atoms with Crippen LogP contribution in [0.2, 0.25) is 0 Å². The van der Waals surface area contributed by atoms with E-state index in [9.17, 15) is 9.59 Å². The van der Waals surface area contributed by atoms with Gasteiger partial charge in [0, 0.05) is 38.1 Å². The second-order valence-corrected chi connectivity index (χ2v) is 6.96. The van der Waals surface area contributed by atoms with E-state index in [4.69, 9.17) is 14.2 Å². The molecule has 1 N–H and O–H groups in total. The van der Waals surface area contributed by atoms with Crippen molar-refractivity contribution in [2.24, 2.45) is 0 Å². The third kappa shape index (κ3) is 6.28. The molecule has 1 heterocycles. The van der Waals surface area contributed by atoms with Crippen molar-refractivity contribution >= 4 is 5.91 Å². The lowest BCUT2D eigenvalue weighted by molar-refractivity contribution is -0.131. The molecule has 0 aliphatic heterocycles. The summed E-state index contributed by atoms with van der Waals surface area (Å²) < 4.78 is 16.3. The van der Waals surface area contributed by atoms with Gasteiger partial charge in [-0.1, -0.05) is 0 Å². The zero-order valence-corrected chi connectivity index (χ0v) is 18.2. The Labute approximate surface area is 176 Å². The highest BCUT2D eigenvalue weighted by Crippen LogP contribution is 2.31. The maximum Gasteiger partial charge on any atom is 0.273 e. The lowest BCUT2D eigenvalue weighted by atomic mass is 10.2. The molecule has 30 heavy (non-hydrogen) atoms. The number of aromatic nitrogens is 3. The van der Waals surface area contributed by atoms with Gasteiger partial charge >= 0.3 is 0 Å². The van der Waals surface area contributed by atoms with Crippen LogP contribution in [0.4, 0.5) is 0 Å². The van der Waals surface area contributed by atoms with Gasteiger partial charge in [0.25, 0.3) is 5.56 Å². The zero-order chi connectivity index (χ0) is 22.1. The molecule has 0 atom stereocenters. The van der Waals surface area contributed by atoms with Crippen LogP contribution in [-0.4, -0.2) is 66.0 Å². The van der Waals surface area contributed by atoms with Crippen LogP contribution < -0.4 is 15.0 Å². The molecule has 0 aliphatic carbocycles. The Morgan fingerprint density at radius 1 is 1.20 bits per heavy atom. The van der Waals surface area contributed by atoms with E-state index in [-0.39, 0.29) is 36.0 Å². The average molecular weight is 418 g/mol. The molecule has 0 saturated carbocycles. The number of H-pyrrole nitrogens is 1. The van der Waals surface area contributed by atoms with Gasteiger partial charge in [-0.15, -0.1) is 10.2 Å². The Bertz CT molecular complexity index is 897. The highest BCUT2D eigenvalue weighted by atomic mass is 16.5. The van der Waals surface area contributed by atoms with E-state index in [2.05, 4.69) is 15.2 Å². The minimum atomic E-state index is -0.365. The van der Waals surface area contributed by atoms with Gasteiger partial charge in [-0.3, -0.25) is 9.59 Å². The van der Waals surface area contributed by atoms with E-state index in [1.54, 1.807) is 30.1 Å². The molecule has 1 aromatic heterocycles. The monoisotopic (exact) mass is 418 g/mol. The molecule has 9 nitrogen and oxygen atoms in total. The van der Waals surface area contributed by atoms with Gasteiger partial charge in [-0.25, -0.2) is 0 Å². The van der Waals surface area contributed by atoms with Gasteiger partial charge in [0.05, 0.1) is 13.7 Å². The summed E-state index contributed by atoms with van der Waals surface area (Å²) in [6.45, 7) is 7.30. The van der Waals surface area contributed by atoms with Crippen LogP contribution in [0.3, 0.4) is 0 Å². The summed E-state index contributed by atoms with van der Waals surface area (Å²) in [5.41, 5.74) is 0.499. The van der Waals surface area contributed by atoms with Gasteiger partial charge in [0.15, 0.2) is 17.3 Å². The van der Waals surface area contributed by atoms with Gasteiger partial charge in [0.2, 0.25) is 5.91 Å². The third-order valence-corrected chi connectivity index (χ3v) is 4.63. The highest BCUT2D eigenvalue weighted by molar-refractivity contribution is 5.76. The number of aromatic amines is 1. The van der Waals surface area contributed by atoms with Crippen LogP contribution in [0.25, 0.3) is 11.4 Å². The topological polar surface area (TPSA) is 107 Å². The summed E-state index contributed by atoms with van der Waals surface area (Å²) in [6.07, 6.45) is 0.432. The molecule has 0 unspecified atom stereocenters. The number of carbonyl (C=O) groups is 1. The summed E-state index contributed by atoms with van der Waals surface area (Å²) >= 11 is 0. The highest BCUT2D eigenvalue weighted by Gasteiger charge is 2.15. The maximum atomic E-state index is 12.4. The number of nitrogens with one attached hydrogen (secondary N) is 1. The van der Waals surface area contributed by atoms with Crippen LogP contribution in [0.1, 0.15) is 32.9 Å². The Balaban J connectivity index is 2.10. The molecule has 0 fully saturated rings. The van der Waals surface area contributed by atoms with Crippen molar-refractivity contribution < 1.29 is 19.0 Å². The van der Waals surface area contributed by atoms with Crippen LogP contribution in [0, 0.1) is 0 Å². The minimum Gasteiger partial charge on any atom is -0.493 e. The lowest BCUT2D eigenvalue weighted by Crippen LogP contribution is -2.33. The number of benzene rings is 1. The first-order chi connectivity index (χ1) is 14.4. The quantitative estimate of drug-likeness (QED) is 0.557. The molecule has 2 aromatic rings. The summed E-state index contributed by atoms with van der Waals surface area (Å²) in [6, 6.07) is 5.33. The van der Waals surface area contributed by atoms with Crippen molar-refractivity contribution in [2.45, 2.75) is 39.7 Å². The standard InChI is InChI=1S/C21H30N4O5/c1-6-29-11-12-30-17-9-7-15(13-18(17)28-5)20-22-21(27)16(23-24-20)8-10-19(26)25(4)14(2)3/h7,9,13-14H,6,8,10-12H2,1-5H3,(H,22,24,27). The fourth-order valence-electron chi connectivity index (χ4n) is 2.63. The molecule has 0 radical (unpaired) electrons. The fourth-order valence-corrected chi connectivity index (χ4v) is 2.63. The fraction of sp³-hybridized carbons (Fsp3) is 0.524. The first kappa shape index (κ1) is 23.3. The molecule has 164 valence electrons. The van der Waals surface area contributed by atoms with Gasteiger partial charge < -0.3 is 24.1 Å². The number of ether oxygens (including phenoxy) is 3. The van der Waals surface area contributed by atoms with Crippen molar-refractivity contribution in [2.75, 3.05) is 34.0 Å². The number of amides is 1. The van der Waals surface area contributed by atoms with E-state index in [0.717, 1.165) is 0 Å². The average Bonchev–Trinajstić information content (AvgIpc) is 2.75. The molecule has 0 spiro atoms. The van der Waals surface area contributed by atoms with Crippen molar-refractivity contribution in [1.82, 2.24) is 20.1 Å². The number of nitrogens with zero attached hydrogens (tertiary/aromatic N) is 3. The summed E-state index contributed by atoms with van der Waals surface area (Å²) in [5.74, 6) is 1.35. The predicted octanol–water partition coefficient (Wildman–Crippen LogP) is 2.06. The Kier molecular flexibility index (Phi) is 8.79. The molecular weight excluding hydrogens is 388 g/mol. The van der Waals surface area contributed by atoms with E-state index in [1.165, 1.54) is 7.11 Å². The first-order valence-electron chi connectivity index (χ1n) is 9.97. The Morgan fingerprint density at radius 3 is 2.60 bits per heavy atom. The molecular formula is C21H30N4O5. The molecule has 1 amide bonds. The molecule has 0 saturated heterocycles. The van der Waals surface area contributed by atoms with Crippen LogP contribution in [0.5, 0.6) is 11.5 Å². The van der Waals surface area contributed by atoms with Gasteiger partial charge in [-0.2, -0.15) is 0 Å². The van der Waals surface area contributed by atoms with Gasteiger partial charge in [-0.05, 0) is 39.0 Å². The van der Waals surface area contributed by atoms with Crippen molar-refractivity contribution in [1.29, 1.82) is 0 Å². The van der Waals surface area contributed by atoms with E-state index in [1.807, 2.05) is 20.8 Å². The molecule has 0 aliphatic rings. The van der Waals surface area contributed by atoms with Crippen molar-refractivity contribution in [3.05, 3.63) is 34.2 Å². The summed E-state index contributed by atoms with van der Waals surface area (Å²) in [4.78, 5) is 28.9. The molecule has 1 aromatic carbocycles. The number of hydrogen-bond acceptors (Lipinski definition) is 7. The number of hydrogen-bond donors (Lipinski definition) is 1. The number of rotatable bonds is 11. The van der Waals surface area contributed by atoms with E-state index in [0.29, 0.717) is 42.7 Å². The largest absolute Gasteiger partial charge is 0.493 e. The van der Waals surface area contributed by atoms with Gasteiger partial charge in [0.1, 0.15) is 12.3 Å². The Morgan fingerprint density at radius 2 is 1.97 bits per heavy atom. The molecule has 2 rings (SSSR count). The summed E-state index contributed by atoms with van der Waals surface area (Å²) in [7, 11) is 3.28. The second kappa shape index (κ2) is 11.3. The van der Waals surface area contributed by atoms with E-state index < -0.39 is 0 Å². The SMILES string of the molecule is CCOCCOc1ccc(-c2nnc(CCC(=O)N(C)C(C)C)c(=O)[nH]2)cc1OC. The third-order valence-electron chi connectivity index (χ3n) is 4.63. The predicted molar refractivity (Wildman–Crippen MR) is 113 cm³/mol. The Hall–Kier alpha value is -2.94. The van der Waals surface area contributed by atoms with Crippen LogP contribution in [-0.2, 0) is 16.0 Å². The van der Waals surface area contributed by atoms with Crippen LogP contribution >= 0.6 is 0 Å².